The van der Waals surface area contributed by atoms with E-state index in [0.717, 1.165) is 0 Å². The lowest BCUT2D eigenvalue weighted by Crippen LogP contribution is -2.32. The van der Waals surface area contributed by atoms with Gasteiger partial charge in [-0.15, -0.1) is 0 Å². The molecule has 2 nitrogen and oxygen atoms in total. The molecule has 0 aromatic heterocycles. The number of aliphatic hydroxyl groups is 1. The molecule has 0 saturated heterocycles. The molecule has 0 heterocycles. The van der Waals surface area contributed by atoms with Crippen LogP contribution in [0.1, 0.15) is 0 Å². The van der Waals surface area contributed by atoms with Gasteiger partial charge in [0, 0.05) is 0 Å². The largest absolute Gasteiger partial charge is 0.407 e. The van der Waals surface area contributed by atoms with E-state index >= 15 is 0 Å². The van der Waals surface area contributed by atoms with Gasteiger partial charge >= 0.3 is 0 Å². The first-order chi connectivity index (χ1) is 3.12. The summed E-state index contributed by atoms with van der Waals surface area (Å²) in [7, 11) is 3.00. The van der Waals surface area contributed by atoms with Crippen LogP contribution in [-0.2, 0) is 4.43 Å². The van der Waals surface area contributed by atoms with E-state index in [1.807, 2.05) is 13.1 Å². The van der Waals surface area contributed by atoms with Crippen LogP contribution < -0.4 is 0 Å². The molecule has 3 heteroatoms. The van der Waals surface area contributed by atoms with Crippen molar-refractivity contribution in [3.8, 4) is 0 Å². The predicted molar refractivity (Wildman–Crippen MR) is 30.0 cm³/mol. The third-order valence-electron chi connectivity index (χ3n) is 0.700. The molecule has 0 fully saturated rings. The van der Waals surface area contributed by atoms with E-state index in [0.29, 0.717) is 0 Å². The molecule has 0 aliphatic heterocycles. The highest BCUT2D eigenvalue weighted by atomic mass is 28.4. The molecule has 42 valence electrons. The average Bonchev–Trinajstić information content (AvgIpc) is 1.68. The van der Waals surface area contributed by atoms with Gasteiger partial charge in [0.1, 0.15) is 7.11 Å². The fraction of sp³-hybridized carbons (Fsp3) is 0.750. The summed E-state index contributed by atoms with van der Waals surface area (Å²) in [6.07, 6.45) is 0.0868. The number of aliphatic hydroxyl groups excluding tert-OH is 1. The second-order valence-electron chi connectivity index (χ2n) is 2.04. The Morgan fingerprint density at radius 2 is 2.14 bits per heavy atom. The molecule has 0 aromatic rings. The van der Waals surface area contributed by atoms with Crippen molar-refractivity contribution in [2.24, 2.45) is 0 Å². The summed E-state index contributed by atoms with van der Waals surface area (Å²) in [5.74, 6) is 0. The van der Waals surface area contributed by atoms with Crippen LogP contribution in [0.15, 0.2) is 0 Å². The SMILES string of the molecule is [CH]O[Si](C)(C)CO. The third-order valence-corrected chi connectivity index (χ3v) is 2.10. The van der Waals surface area contributed by atoms with Crippen LogP contribution in [0.5, 0.6) is 0 Å². The van der Waals surface area contributed by atoms with Gasteiger partial charge in [0.25, 0.3) is 0 Å². The van der Waals surface area contributed by atoms with Gasteiger partial charge in [-0.1, -0.05) is 0 Å². The molecule has 0 spiro atoms. The highest BCUT2D eigenvalue weighted by Crippen LogP contribution is 1.98. The second-order valence-corrected chi connectivity index (χ2v) is 6.11. The lowest BCUT2D eigenvalue weighted by atomic mass is 11.7. The van der Waals surface area contributed by atoms with Crippen molar-refractivity contribution < 1.29 is 9.53 Å². The molecule has 0 aromatic carbocycles. The maximum absolute atomic E-state index is 8.45. The van der Waals surface area contributed by atoms with E-state index < -0.39 is 8.32 Å². The lowest BCUT2D eigenvalue weighted by Gasteiger charge is -2.14. The van der Waals surface area contributed by atoms with Crippen LogP contribution >= 0.6 is 0 Å². The highest BCUT2D eigenvalue weighted by Gasteiger charge is 2.17. The Balaban J connectivity index is 3.36. The molecule has 0 aliphatic rings. The fourth-order valence-electron chi connectivity index (χ4n) is 0.0373. The van der Waals surface area contributed by atoms with Crippen molar-refractivity contribution in [3.63, 3.8) is 0 Å². The molecule has 1 N–H and O–H groups in total. The van der Waals surface area contributed by atoms with Gasteiger partial charge in [0.05, 0.1) is 6.23 Å². The van der Waals surface area contributed by atoms with E-state index in [4.69, 9.17) is 12.2 Å². The molecule has 0 rings (SSSR count). The molecule has 0 unspecified atom stereocenters. The minimum absolute atomic E-state index is 0.0868. The van der Waals surface area contributed by atoms with Crippen LogP contribution in [-0.4, -0.2) is 19.7 Å². The zero-order valence-electron chi connectivity index (χ0n) is 4.64. The summed E-state index contributed by atoms with van der Waals surface area (Å²) in [4.78, 5) is 0. The van der Waals surface area contributed by atoms with Gasteiger partial charge in [-0.25, -0.2) is 0 Å². The Morgan fingerprint density at radius 3 is 2.14 bits per heavy atom. The van der Waals surface area contributed by atoms with Gasteiger partial charge < -0.3 is 9.53 Å². The summed E-state index contributed by atoms with van der Waals surface area (Å²) < 4.78 is 4.48. The van der Waals surface area contributed by atoms with Crippen LogP contribution in [0.3, 0.4) is 0 Å². The van der Waals surface area contributed by atoms with E-state index in [1.165, 1.54) is 0 Å². The molecule has 0 amide bonds. The normalized spacial score (nSPS) is 12.0. The van der Waals surface area contributed by atoms with Crippen molar-refractivity contribution in [1.82, 2.24) is 0 Å². The number of hydrogen-bond donors (Lipinski definition) is 1. The van der Waals surface area contributed by atoms with Crippen LogP contribution in [0.2, 0.25) is 13.1 Å². The number of hydrogen-bond acceptors (Lipinski definition) is 2. The van der Waals surface area contributed by atoms with Gasteiger partial charge in [0.15, 0.2) is 0 Å². The molecular weight excluding hydrogens is 108 g/mol. The first-order valence-corrected chi connectivity index (χ1v) is 5.22. The lowest BCUT2D eigenvalue weighted by molar-refractivity contribution is 0.320. The summed E-state index contributed by atoms with van der Waals surface area (Å²) >= 11 is 0. The standard InChI is InChI=1S/C4H10O2Si/c1-6-7(2,3)4-5/h1,5H,4H2,2-3H3. The van der Waals surface area contributed by atoms with E-state index in [2.05, 4.69) is 4.43 Å². The molecule has 0 atom stereocenters. The van der Waals surface area contributed by atoms with Crippen LogP contribution in [0, 0.1) is 7.11 Å². The maximum Gasteiger partial charge on any atom is 0.212 e. The Morgan fingerprint density at radius 1 is 1.71 bits per heavy atom. The third kappa shape index (κ3) is 2.79. The van der Waals surface area contributed by atoms with Gasteiger partial charge in [0.2, 0.25) is 8.32 Å². The molecule has 0 bridgehead atoms. The van der Waals surface area contributed by atoms with Crippen molar-refractivity contribution in [3.05, 3.63) is 7.11 Å². The maximum atomic E-state index is 8.45. The monoisotopic (exact) mass is 118 g/mol. The summed E-state index contributed by atoms with van der Waals surface area (Å²) in [5.41, 5.74) is 0. The first-order valence-electron chi connectivity index (χ1n) is 2.11. The van der Waals surface area contributed by atoms with E-state index in [-0.39, 0.29) is 6.23 Å². The Bertz CT molecular complexity index is 47.7. The first kappa shape index (κ1) is 7.14. The fourth-order valence-corrected chi connectivity index (χ4v) is 0.112. The average molecular weight is 118 g/mol. The molecule has 2 radical (unpaired) electrons. The van der Waals surface area contributed by atoms with E-state index in [9.17, 15) is 0 Å². The smallest absolute Gasteiger partial charge is 0.212 e. The minimum Gasteiger partial charge on any atom is -0.407 e. The predicted octanol–water partition coefficient (Wildman–Crippen LogP) is 0.408. The zero-order chi connectivity index (χ0) is 5.91. The van der Waals surface area contributed by atoms with Gasteiger partial charge in [-0.2, -0.15) is 0 Å². The summed E-state index contributed by atoms with van der Waals surface area (Å²) in [5, 5.41) is 8.45. The van der Waals surface area contributed by atoms with Crippen molar-refractivity contribution in [2.75, 3.05) is 6.23 Å². The Labute approximate surface area is 45.2 Å². The number of rotatable bonds is 2. The van der Waals surface area contributed by atoms with Crippen molar-refractivity contribution in [2.45, 2.75) is 13.1 Å². The van der Waals surface area contributed by atoms with Crippen molar-refractivity contribution in [1.29, 1.82) is 0 Å². The van der Waals surface area contributed by atoms with Crippen molar-refractivity contribution >= 4 is 8.32 Å². The Kier molecular flexibility index (Phi) is 2.49. The molecule has 0 saturated carbocycles. The van der Waals surface area contributed by atoms with Crippen LogP contribution in [0.4, 0.5) is 0 Å². The second kappa shape index (κ2) is 2.45. The Hall–Kier alpha value is 0.137. The molecular formula is C4H10O2Si. The quantitative estimate of drug-likeness (QED) is 0.532. The molecule has 0 aliphatic carbocycles. The molecule has 7 heavy (non-hydrogen) atoms. The van der Waals surface area contributed by atoms with Gasteiger partial charge in [-0.3, -0.25) is 0 Å². The highest BCUT2D eigenvalue weighted by molar-refractivity contribution is 6.71. The van der Waals surface area contributed by atoms with E-state index in [1.54, 1.807) is 0 Å². The van der Waals surface area contributed by atoms with Crippen LogP contribution in [0.25, 0.3) is 0 Å². The topological polar surface area (TPSA) is 29.5 Å². The van der Waals surface area contributed by atoms with Gasteiger partial charge in [-0.05, 0) is 13.1 Å². The summed E-state index contributed by atoms with van der Waals surface area (Å²) in [6, 6.07) is 0. The summed E-state index contributed by atoms with van der Waals surface area (Å²) in [6.45, 7) is 3.68. The zero-order valence-corrected chi connectivity index (χ0v) is 5.64. The minimum atomic E-state index is -1.82.